The minimum absolute atomic E-state index is 0.0524. The number of piperidine rings is 1. The predicted octanol–water partition coefficient (Wildman–Crippen LogP) is 2.78. The third kappa shape index (κ3) is 4.27. The summed E-state index contributed by atoms with van der Waals surface area (Å²) in [5.41, 5.74) is 1.38. The fourth-order valence-corrected chi connectivity index (χ4v) is 3.80. The van der Waals surface area contributed by atoms with E-state index in [-0.39, 0.29) is 17.8 Å². The number of hydrogen-bond acceptors (Lipinski definition) is 5. The van der Waals surface area contributed by atoms with E-state index >= 15 is 0 Å². The molecule has 0 radical (unpaired) electrons. The Balaban J connectivity index is 1.84. The number of nitrogens with one attached hydrogen (secondary N) is 1. The molecule has 1 unspecified atom stereocenters. The molecule has 1 aliphatic rings. The Morgan fingerprint density at radius 1 is 1.36 bits per heavy atom. The van der Waals surface area contributed by atoms with Gasteiger partial charge in [-0.05, 0) is 31.7 Å². The van der Waals surface area contributed by atoms with Crippen molar-refractivity contribution in [2.24, 2.45) is 0 Å². The fraction of sp³-hybridized carbons (Fsp3) is 0.450. The van der Waals surface area contributed by atoms with Gasteiger partial charge in [-0.1, -0.05) is 30.3 Å². The van der Waals surface area contributed by atoms with Gasteiger partial charge in [-0.3, -0.25) is 5.10 Å². The van der Waals surface area contributed by atoms with E-state index in [2.05, 4.69) is 10.2 Å². The highest BCUT2D eigenvalue weighted by atomic mass is 16.5. The van der Waals surface area contributed by atoms with Crippen LogP contribution in [0.1, 0.15) is 35.8 Å². The number of anilines is 1. The van der Waals surface area contributed by atoms with Crippen LogP contribution in [0.15, 0.2) is 36.4 Å². The van der Waals surface area contributed by atoms with Crippen LogP contribution in [0.5, 0.6) is 0 Å². The zero-order valence-corrected chi connectivity index (χ0v) is 16.2. The maximum atomic E-state index is 11.9. The van der Waals surface area contributed by atoms with Crippen molar-refractivity contribution >= 4 is 17.9 Å². The second-order valence-electron chi connectivity index (χ2n) is 6.91. The molecule has 0 bridgehead atoms. The quantitative estimate of drug-likeness (QED) is 0.741. The number of likely N-dealkylation sites (N-methyl/N-ethyl adjacent to an activating group) is 1. The van der Waals surface area contributed by atoms with Crippen LogP contribution in [0, 0.1) is 0 Å². The largest absolute Gasteiger partial charge is 0.465 e. The van der Waals surface area contributed by atoms with Crippen LogP contribution in [0.2, 0.25) is 0 Å². The Labute approximate surface area is 164 Å². The lowest BCUT2D eigenvalue weighted by atomic mass is 9.90. The van der Waals surface area contributed by atoms with Gasteiger partial charge in [0.25, 0.3) is 0 Å². The van der Waals surface area contributed by atoms with Crippen molar-refractivity contribution in [2.75, 3.05) is 25.1 Å². The van der Waals surface area contributed by atoms with Crippen LogP contribution in [-0.4, -0.2) is 64.5 Å². The summed E-state index contributed by atoms with van der Waals surface area (Å²) in [6, 6.07) is 11.3. The summed E-state index contributed by atoms with van der Waals surface area (Å²) in [7, 11) is 1.89. The summed E-state index contributed by atoms with van der Waals surface area (Å²) in [6.07, 6.45) is 1.34. The smallest absolute Gasteiger partial charge is 0.407 e. The van der Waals surface area contributed by atoms with Crippen LogP contribution in [0.3, 0.4) is 0 Å². The van der Waals surface area contributed by atoms with Gasteiger partial charge in [-0.25, -0.2) is 9.59 Å². The number of ether oxygens (including phenoxy) is 1. The monoisotopic (exact) mass is 386 g/mol. The Morgan fingerprint density at radius 2 is 2.11 bits per heavy atom. The molecule has 1 fully saturated rings. The number of hydrogen-bond donors (Lipinski definition) is 2. The number of benzene rings is 1. The first-order valence-corrected chi connectivity index (χ1v) is 9.50. The van der Waals surface area contributed by atoms with Crippen molar-refractivity contribution < 1.29 is 19.4 Å². The molecule has 1 amide bonds. The fourth-order valence-electron chi connectivity index (χ4n) is 3.80. The molecular weight excluding hydrogens is 360 g/mol. The first kappa shape index (κ1) is 19.7. The number of esters is 1. The Hall–Kier alpha value is -3.03. The lowest BCUT2D eigenvalue weighted by Gasteiger charge is -2.44. The molecule has 8 heteroatoms. The number of nitrogens with zero attached hydrogens (tertiary/aromatic N) is 3. The summed E-state index contributed by atoms with van der Waals surface area (Å²) < 4.78 is 5.00. The molecule has 8 nitrogen and oxygen atoms in total. The van der Waals surface area contributed by atoms with Crippen LogP contribution >= 0.6 is 0 Å². The zero-order valence-electron chi connectivity index (χ0n) is 16.2. The van der Waals surface area contributed by atoms with Crippen molar-refractivity contribution in [2.45, 2.75) is 38.3 Å². The number of likely N-dealkylation sites (tertiary alicyclic amines) is 1. The number of H-pyrrole nitrogens is 1. The summed E-state index contributed by atoms with van der Waals surface area (Å²) in [6.45, 7) is 2.56. The van der Waals surface area contributed by atoms with Gasteiger partial charge in [0.05, 0.1) is 18.7 Å². The average Bonchev–Trinajstić information content (AvgIpc) is 3.19. The number of rotatable bonds is 6. The highest BCUT2D eigenvalue weighted by Gasteiger charge is 2.37. The van der Waals surface area contributed by atoms with Crippen LogP contribution in [0.25, 0.3) is 0 Å². The van der Waals surface area contributed by atoms with Crippen molar-refractivity contribution in [1.29, 1.82) is 0 Å². The number of carbonyl (C=O) groups excluding carboxylic acids is 1. The second kappa shape index (κ2) is 8.77. The standard InChI is InChI=1S/C20H26N4O4/c1-3-28-19(25)15-13-18(22-21-15)23(2)16-10-7-11-24(20(26)27)17(16)12-14-8-5-4-6-9-14/h4-6,8-9,13,16-17H,3,7,10-12H2,1-2H3,(H,21,22)(H,26,27)/t16-,17?/m0/s1. The summed E-state index contributed by atoms with van der Waals surface area (Å²) >= 11 is 0. The summed E-state index contributed by atoms with van der Waals surface area (Å²) in [5.74, 6) is 0.143. The Bertz CT molecular complexity index is 808. The second-order valence-corrected chi connectivity index (χ2v) is 6.91. The zero-order chi connectivity index (χ0) is 20.1. The minimum atomic E-state index is -0.909. The number of amides is 1. The third-order valence-corrected chi connectivity index (χ3v) is 5.20. The third-order valence-electron chi connectivity index (χ3n) is 5.20. The molecule has 1 aliphatic heterocycles. The van der Waals surface area contributed by atoms with Crippen LogP contribution < -0.4 is 4.90 Å². The van der Waals surface area contributed by atoms with Gasteiger partial charge in [-0.2, -0.15) is 5.10 Å². The number of aromatic nitrogens is 2. The summed E-state index contributed by atoms with van der Waals surface area (Å²) in [5, 5.41) is 16.7. The van der Waals surface area contributed by atoms with E-state index in [0.717, 1.165) is 18.4 Å². The van der Waals surface area contributed by atoms with Crippen LogP contribution in [0.4, 0.5) is 10.6 Å². The van der Waals surface area contributed by atoms with Gasteiger partial charge in [0.1, 0.15) is 5.69 Å². The highest BCUT2D eigenvalue weighted by Crippen LogP contribution is 2.28. The molecule has 28 heavy (non-hydrogen) atoms. The highest BCUT2D eigenvalue weighted by molar-refractivity contribution is 5.88. The first-order chi connectivity index (χ1) is 13.5. The molecule has 2 heterocycles. The maximum absolute atomic E-state index is 11.9. The normalized spacial score (nSPS) is 19.3. The molecule has 1 aromatic heterocycles. The molecule has 1 saturated heterocycles. The minimum Gasteiger partial charge on any atom is -0.465 e. The molecular formula is C20H26N4O4. The molecule has 2 atom stereocenters. The molecule has 2 aromatic rings. The molecule has 0 aliphatic carbocycles. The van der Waals surface area contributed by atoms with Gasteiger partial charge < -0.3 is 19.6 Å². The predicted molar refractivity (Wildman–Crippen MR) is 105 cm³/mol. The van der Waals surface area contributed by atoms with E-state index < -0.39 is 12.1 Å². The molecule has 1 aromatic carbocycles. The van der Waals surface area contributed by atoms with E-state index in [1.165, 1.54) is 4.90 Å². The molecule has 3 rings (SSSR count). The van der Waals surface area contributed by atoms with E-state index in [1.807, 2.05) is 42.3 Å². The summed E-state index contributed by atoms with van der Waals surface area (Å²) in [4.78, 5) is 27.2. The van der Waals surface area contributed by atoms with E-state index in [0.29, 0.717) is 25.4 Å². The van der Waals surface area contributed by atoms with Crippen molar-refractivity contribution in [3.63, 3.8) is 0 Å². The lowest BCUT2D eigenvalue weighted by Crippen LogP contribution is -2.57. The average molecular weight is 386 g/mol. The molecule has 2 N–H and O–H groups in total. The Kier molecular flexibility index (Phi) is 6.18. The maximum Gasteiger partial charge on any atom is 0.407 e. The number of aromatic amines is 1. The first-order valence-electron chi connectivity index (χ1n) is 9.50. The molecule has 150 valence electrons. The van der Waals surface area contributed by atoms with Crippen LogP contribution in [-0.2, 0) is 11.2 Å². The lowest BCUT2D eigenvalue weighted by molar-refractivity contribution is 0.0519. The van der Waals surface area contributed by atoms with Gasteiger partial charge >= 0.3 is 12.1 Å². The number of carbonyl (C=O) groups is 2. The van der Waals surface area contributed by atoms with E-state index in [1.54, 1.807) is 13.0 Å². The van der Waals surface area contributed by atoms with Gasteiger partial charge in [0.15, 0.2) is 5.82 Å². The van der Waals surface area contributed by atoms with Crippen molar-refractivity contribution in [3.8, 4) is 0 Å². The van der Waals surface area contributed by atoms with Crippen molar-refractivity contribution in [1.82, 2.24) is 15.1 Å². The topological polar surface area (TPSA) is 98.8 Å². The van der Waals surface area contributed by atoms with E-state index in [9.17, 15) is 14.7 Å². The molecule has 0 spiro atoms. The Morgan fingerprint density at radius 3 is 2.79 bits per heavy atom. The van der Waals surface area contributed by atoms with Crippen molar-refractivity contribution in [3.05, 3.63) is 47.7 Å². The SMILES string of the molecule is CCOC(=O)c1cc(N(C)[C@H]2CCCN(C(=O)O)C2Cc2ccccc2)n[nH]1. The number of carboxylic acid groups (broad SMARTS) is 1. The van der Waals surface area contributed by atoms with Gasteiger partial charge in [-0.15, -0.1) is 0 Å². The van der Waals surface area contributed by atoms with Gasteiger partial charge in [0, 0.05) is 19.7 Å². The van der Waals surface area contributed by atoms with Gasteiger partial charge in [0.2, 0.25) is 0 Å². The molecule has 0 saturated carbocycles. The van der Waals surface area contributed by atoms with E-state index in [4.69, 9.17) is 4.74 Å².